The number of anilines is 4. The Morgan fingerprint density at radius 3 is 2.83 bits per heavy atom. The fourth-order valence-electron chi connectivity index (χ4n) is 3.26. The summed E-state index contributed by atoms with van der Waals surface area (Å²) in [6.07, 6.45) is 6.01. The van der Waals surface area contributed by atoms with Crippen molar-refractivity contribution in [3.8, 4) is 11.5 Å². The molecule has 150 valence electrons. The molecule has 0 saturated carbocycles. The summed E-state index contributed by atoms with van der Waals surface area (Å²) in [4.78, 5) is 33.1. The fraction of sp³-hybridized carbons (Fsp3) is 0.368. The Labute approximate surface area is 173 Å². The molecule has 0 unspecified atom stereocenters. The zero-order chi connectivity index (χ0) is 20.5. The quantitative estimate of drug-likeness (QED) is 0.685. The molecular weight excluding hydrogens is 388 g/mol. The van der Waals surface area contributed by atoms with Crippen molar-refractivity contribution in [3.63, 3.8) is 0 Å². The van der Waals surface area contributed by atoms with Crippen molar-refractivity contribution in [2.24, 2.45) is 0 Å². The molecule has 0 aliphatic carbocycles. The Hall–Kier alpha value is -3.14. The highest BCUT2D eigenvalue weighted by Crippen LogP contribution is 2.32. The van der Waals surface area contributed by atoms with Gasteiger partial charge in [0.15, 0.2) is 17.5 Å². The summed E-state index contributed by atoms with van der Waals surface area (Å²) in [7, 11) is 1.65. The molecule has 0 aromatic carbocycles. The van der Waals surface area contributed by atoms with Gasteiger partial charge in [-0.1, -0.05) is 0 Å². The van der Waals surface area contributed by atoms with Gasteiger partial charge in [-0.25, -0.2) is 9.97 Å². The minimum Gasteiger partial charge on any atom is -0.367 e. The largest absolute Gasteiger partial charge is 0.367 e. The van der Waals surface area contributed by atoms with E-state index in [0.717, 1.165) is 18.7 Å². The highest BCUT2D eigenvalue weighted by atomic mass is 32.1. The molecule has 1 aliphatic rings. The lowest BCUT2D eigenvalue weighted by Crippen LogP contribution is -2.28. The van der Waals surface area contributed by atoms with E-state index < -0.39 is 0 Å². The van der Waals surface area contributed by atoms with Crippen molar-refractivity contribution in [3.05, 3.63) is 30.2 Å². The zero-order valence-corrected chi connectivity index (χ0v) is 17.6. The standard InChI is InChI=1S/C19H22N8OS/c1-11(2)27-8-5-13-9-14(22-10-15(13)27)16-23-19(29-25-16)24-17-18(21-7-6-20-17)26(4)12(3)28/h6-7,9-11H,5,8H2,1-4H3,(H,20,23,24,25). The monoisotopic (exact) mass is 410 g/mol. The van der Waals surface area contributed by atoms with Crippen LogP contribution in [0.4, 0.5) is 22.5 Å². The second-order valence-electron chi connectivity index (χ2n) is 7.09. The van der Waals surface area contributed by atoms with Crippen molar-refractivity contribution in [2.45, 2.75) is 33.2 Å². The van der Waals surface area contributed by atoms with E-state index >= 15 is 0 Å². The van der Waals surface area contributed by atoms with Gasteiger partial charge in [0, 0.05) is 50.5 Å². The molecule has 10 heteroatoms. The Morgan fingerprint density at radius 2 is 2.07 bits per heavy atom. The number of fused-ring (bicyclic) bond motifs is 1. The van der Waals surface area contributed by atoms with Crippen molar-refractivity contribution < 1.29 is 4.79 Å². The summed E-state index contributed by atoms with van der Waals surface area (Å²) < 4.78 is 4.44. The first kappa shape index (κ1) is 19.2. The Bertz CT molecular complexity index is 1050. The lowest BCUT2D eigenvalue weighted by atomic mass is 10.2. The van der Waals surface area contributed by atoms with Gasteiger partial charge in [-0.3, -0.25) is 14.7 Å². The van der Waals surface area contributed by atoms with Crippen LogP contribution < -0.4 is 15.1 Å². The normalized spacial score (nSPS) is 12.9. The lowest BCUT2D eigenvalue weighted by Gasteiger charge is -2.23. The van der Waals surface area contributed by atoms with E-state index in [2.05, 4.69) is 54.4 Å². The van der Waals surface area contributed by atoms with Gasteiger partial charge >= 0.3 is 0 Å². The average molecular weight is 411 g/mol. The maximum atomic E-state index is 11.7. The summed E-state index contributed by atoms with van der Waals surface area (Å²) in [5.74, 6) is 1.31. The first-order valence-corrected chi connectivity index (χ1v) is 10.1. The van der Waals surface area contributed by atoms with E-state index in [0.29, 0.717) is 28.6 Å². The summed E-state index contributed by atoms with van der Waals surface area (Å²) in [5, 5.41) is 3.67. The van der Waals surface area contributed by atoms with Crippen LogP contribution in [0.25, 0.3) is 11.5 Å². The summed E-state index contributed by atoms with van der Waals surface area (Å²) in [6, 6.07) is 2.52. The van der Waals surface area contributed by atoms with E-state index in [4.69, 9.17) is 0 Å². The maximum Gasteiger partial charge on any atom is 0.224 e. The van der Waals surface area contributed by atoms with Crippen LogP contribution in [0.2, 0.25) is 0 Å². The van der Waals surface area contributed by atoms with Gasteiger partial charge in [-0.15, -0.1) is 0 Å². The first-order chi connectivity index (χ1) is 13.9. The minimum atomic E-state index is -0.135. The number of pyridine rings is 1. The molecule has 0 bridgehead atoms. The third kappa shape index (κ3) is 3.75. The molecule has 4 rings (SSSR count). The van der Waals surface area contributed by atoms with Gasteiger partial charge in [0.25, 0.3) is 0 Å². The predicted molar refractivity (Wildman–Crippen MR) is 114 cm³/mol. The van der Waals surface area contributed by atoms with Crippen LogP contribution in [-0.4, -0.2) is 49.9 Å². The maximum absolute atomic E-state index is 11.7. The van der Waals surface area contributed by atoms with Gasteiger partial charge in [0.2, 0.25) is 11.0 Å². The van der Waals surface area contributed by atoms with Crippen LogP contribution in [0.5, 0.6) is 0 Å². The molecule has 0 saturated heterocycles. The minimum absolute atomic E-state index is 0.135. The average Bonchev–Trinajstić information content (AvgIpc) is 3.34. The van der Waals surface area contributed by atoms with Crippen LogP contribution in [0, 0.1) is 0 Å². The molecule has 1 amide bonds. The van der Waals surface area contributed by atoms with E-state index in [9.17, 15) is 4.79 Å². The molecule has 29 heavy (non-hydrogen) atoms. The number of rotatable bonds is 5. The smallest absolute Gasteiger partial charge is 0.224 e. The van der Waals surface area contributed by atoms with Gasteiger partial charge in [0.1, 0.15) is 5.69 Å². The number of carbonyl (C=O) groups excluding carboxylic acids is 1. The number of amides is 1. The van der Waals surface area contributed by atoms with Crippen LogP contribution in [-0.2, 0) is 11.2 Å². The van der Waals surface area contributed by atoms with Crippen LogP contribution in [0.1, 0.15) is 26.3 Å². The van der Waals surface area contributed by atoms with Gasteiger partial charge in [-0.05, 0) is 31.9 Å². The van der Waals surface area contributed by atoms with Crippen molar-refractivity contribution in [2.75, 3.05) is 28.7 Å². The lowest BCUT2D eigenvalue weighted by molar-refractivity contribution is -0.116. The van der Waals surface area contributed by atoms with E-state index in [1.807, 2.05) is 6.20 Å². The second kappa shape index (κ2) is 7.70. The second-order valence-corrected chi connectivity index (χ2v) is 7.84. The number of carbonyl (C=O) groups is 1. The van der Waals surface area contributed by atoms with Gasteiger partial charge in [-0.2, -0.15) is 9.36 Å². The van der Waals surface area contributed by atoms with Crippen molar-refractivity contribution in [1.29, 1.82) is 0 Å². The number of aromatic nitrogens is 5. The molecule has 0 fully saturated rings. The molecule has 9 nitrogen and oxygen atoms in total. The Morgan fingerprint density at radius 1 is 1.28 bits per heavy atom. The van der Waals surface area contributed by atoms with E-state index in [1.165, 1.54) is 34.6 Å². The Balaban J connectivity index is 1.57. The van der Waals surface area contributed by atoms with Crippen LogP contribution in [0.15, 0.2) is 24.7 Å². The summed E-state index contributed by atoms with van der Waals surface area (Å²) in [5.41, 5.74) is 3.21. The van der Waals surface area contributed by atoms with E-state index in [-0.39, 0.29) is 5.91 Å². The van der Waals surface area contributed by atoms with E-state index in [1.54, 1.807) is 19.4 Å². The van der Waals surface area contributed by atoms with Crippen molar-refractivity contribution in [1.82, 2.24) is 24.3 Å². The number of hydrogen-bond acceptors (Lipinski definition) is 9. The Kier molecular flexibility index (Phi) is 5.10. The molecule has 3 aromatic heterocycles. The number of hydrogen-bond donors (Lipinski definition) is 1. The van der Waals surface area contributed by atoms with Crippen LogP contribution in [0.3, 0.4) is 0 Å². The molecule has 4 heterocycles. The first-order valence-electron chi connectivity index (χ1n) is 9.36. The molecule has 0 spiro atoms. The fourth-order valence-corrected chi connectivity index (χ4v) is 3.84. The number of nitrogens with zero attached hydrogens (tertiary/aromatic N) is 7. The van der Waals surface area contributed by atoms with Gasteiger partial charge < -0.3 is 10.2 Å². The zero-order valence-electron chi connectivity index (χ0n) is 16.7. The summed E-state index contributed by atoms with van der Waals surface area (Å²) in [6.45, 7) is 6.86. The molecule has 0 atom stereocenters. The van der Waals surface area contributed by atoms with Gasteiger partial charge in [0.05, 0.1) is 11.9 Å². The molecule has 1 N–H and O–H groups in total. The number of nitrogens with one attached hydrogen (secondary N) is 1. The molecule has 1 aliphatic heterocycles. The molecule has 3 aromatic rings. The van der Waals surface area contributed by atoms with Crippen LogP contribution >= 0.6 is 11.5 Å². The highest BCUT2D eigenvalue weighted by Gasteiger charge is 2.23. The van der Waals surface area contributed by atoms with Crippen molar-refractivity contribution >= 4 is 39.9 Å². The topological polar surface area (TPSA) is 100 Å². The molecule has 0 radical (unpaired) electrons. The highest BCUT2D eigenvalue weighted by molar-refractivity contribution is 7.09. The third-order valence-corrected chi connectivity index (χ3v) is 5.50. The third-order valence-electron chi connectivity index (χ3n) is 4.87. The molecular formula is C19H22N8OS. The summed E-state index contributed by atoms with van der Waals surface area (Å²) >= 11 is 1.21. The SMILES string of the molecule is CC(=O)N(C)c1nccnc1Nc1nc(-c2cc3c(cn2)N(C(C)C)CC3)ns1. The predicted octanol–water partition coefficient (Wildman–Crippen LogP) is 2.89.